The highest BCUT2D eigenvalue weighted by molar-refractivity contribution is 7.89. The summed E-state index contributed by atoms with van der Waals surface area (Å²) in [4.78, 5) is 82.1. The van der Waals surface area contributed by atoms with Crippen molar-refractivity contribution in [1.29, 1.82) is 0 Å². The van der Waals surface area contributed by atoms with Gasteiger partial charge >= 0.3 is 24.0 Å². The van der Waals surface area contributed by atoms with Gasteiger partial charge in [0.25, 0.3) is 0 Å². The van der Waals surface area contributed by atoms with Crippen molar-refractivity contribution >= 4 is 90.0 Å². The van der Waals surface area contributed by atoms with Crippen molar-refractivity contribution in [3.8, 4) is 0 Å². The maximum Gasteiger partial charge on any atom is 0.323 e. The van der Waals surface area contributed by atoms with Gasteiger partial charge in [-0.25, -0.2) is 36.7 Å². The highest BCUT2D eigenvalue weighted by Crippen LogP contribution is 2.18. The molecule has 0 spiro atoms. The number of amides is 6. The molecule has 0 bridgehead atoms. The number of nitrogens with two attached hydrogens (primary N) is 2. The average Bonchev–Trinajstić information content (AvgIpc) is 3.25. The molecule has 0 atom stereocenters. The minimum Gasteiger partial charge on any atom is -0.480 e. The van der Waals surface area contributed by atoms with Crippen LogP contribution in [0.1, 0.15) is 0 Å². The molecule has 68 heavy (non-hydrogen) atoms. The molecule has 0 aliphatic carbocycles. The number of carbonyl (C=O) groups excluding carboxylic acids is 4. The van der Waals surface area contributed by atoms with Crippen molar-refractivity contribution in [2.24, 2.45) is 10.3 Å². The molecule has 0 saturated carbocycles. The molecule has 0 aromatic heterocycles. The zero-order chi connectivity index (χ0) is 49.4. The molecule has 4 aromatic carbocycles. The Labute approximate surface area is 391 Å². The third-order valence-corrected chi connectivity index (χ3v) is 12.0. The van der Waals surface area contributed by atoms with Gasteiger partial charge in [0.05, 0.1) is 36.0 Å². The SMILES string of the molecule is NS(=O)(=O)c1ccc(NC(=O)Nc2ccc(NC(=O)CN3CCN(CC(=O)O)CCN(CC(=O)Nc4ccc(NC(=O)Nc5ccc(S(N)(=O)=O)cc5)cc4)CCN(CC(=O)O)CC3)cc2)cc1. The summed E-state index contributed by atoms with van der Waals surface area (Å²) in [5, 5.41) is 45.6. The Bertz CT molecular complexity index is 2440. The summed E-state index contributed by atoms with van der Waals surface area (Å²) in [7, 11) is -7.78. The number of primary sulfonamides is 2. The number of hydrogen-bond donors (Lipinski definition) is 10. The van der Waals surface area contributed by atoms with E-state index in [1.165, 1.54) is 48.5 Å². The summed E-state index contributed by atoms with van der Waals surface area (Å²) >= 11 is 0. The summed E-state index contributed by atoms with van der Waals surface area (Å²) in [6, 6.07) is 21.9. The minimum atomic E-state index is -3.89. The van der Waals surface area contributed by atoms with Gasteiger partial charge in [0.2, 0.25) is 31.9 Å². The molecule has 5 rings (SSSR count). The van der Waals surface area contributed by atoms with E-state index in [1.807, 2.05) is 0 Å². The van der Waals surface area contributed by atoms with Crippen LogP contribution in [0.15, 0.2) is 107 Å². The zero-order valence-corrected chi connectivity index (χ0v) is 38.1. The van der Waals surface area contributed by atoms with E-state index < -0.39 is 55.9 Å². The Morgan fingerprint density at radius 3 is 0.809 bits per heavy atom. The predicted octanol–water partition coefficient (Wildman–Crippen LogP) is 1.24. The molecule has 0 radical (unpaired) electrons. The van der Waals surface area contributed by atoms with Crippen LogP contribution in [0.5, 0.6) is 0 Å². The van der Waals surface area contributed by atoms with Crippen molar-refractivity contribution in [1.82, 2.24) is 19.6 Å². The Kier molecular flexibility index (Phi) is 18.4. The third-order valence-electron chi connectivity index (χ3n) is 10.1. The fraction of sp³-hybridized carbons (Fsp3) is 0.286. The van der Waals surface area contributed by atoms with E-state index >= 15 is 0 Å². The van der Waals surface area contributed by atoms with E-state index in [2.05, 4.69) is 31.9 Å². The maximum absolute atomic E-state index is 13.3. The number of rotatable bonds is 16. The normalized spacial score (nSPS) is 14.9. The van der Waals surface area contributed by atoms with Crippen LogP contribution in [0.4, 0.5) is 43.7 Å². The fourth-order valence-electron chi connectivity index (χ4n) is 6.72. The lowest BCUT2D eigenvalue weighted by atomic mass is 10.2. The van der Waals surface area contributed by atoms with Crippen molar-refractivity contribution in [2.45, 2.75) is 9.79 Å². The first-order valence-corrected chi connectivity index (χ1v) is 23.8. The van der Waals surface area contributed by atoms with Crippen LogP contribution in [0, 0.1) is 0 Å². The van der Waals surface area contributed by atoms with Gasteiger partial charge in [0.15, 0.2) is 0 Å². The summed E-state index contributed by atoms with van der Waals surface area (Å²) in [5.41, 5.74) is 2.26. The molecule has 1 saturated heterocycles. The first kappa shape index (κ1) is 51.9. The molecule has 1 aliphatic rings. The van der Waals surface area contributed by atoms with Crippen molar-refractivity contribution in [3.05, 3.63) is 97.1 Å². The molecule has 6 amide bonds. The fourth-order valence-corrected chi connectivity index (χ4v) is 7.75. The van der Waals surface area contributed by atoms with Crippen LogP contribution in [0.3, 0.4) is 0 Å². The molecule has 0 unspecified atom stereocenters. The Hall–Kier alpha value is -7.04. The number of carboxylic acid groups (broad SMARTS) is 2. The summed E-state index contributed by atoms with van der Waals surface area (Å²) in [5.74, 6) is -2.92. The highest BCUT2D eigenvalue weighted by Gasteiger charge is 2.22. The number of nitrogens with one attached hydrogen (secondary N) is 6. The van der Waals surface area contributed by atoms with E-state index in [1.54, 1.807) is 68.1 Å². The van der Waals surface area contributed by atoms with Crippen LogP contribution >= 0.6 is 0 Å². The number of nitrogens with zero attached hydrogens (tertiary/aromatic N) is 4. The number of benzene rings is 4. The zero-order valence-electron chi connectivity index (χ0n) is 36.5. The molecular weight excluding hydrogens is 929 g/mol. The van der Waals surface area contributed by atoms with Crippen molar-refractivity contribution in [2.75, 3.05) is 110 Å². The highest BCUT2D eigenvalue weighted by atomic mass is 32.2. The second-order valence-electron chi connectivity index (χ2n) is 15.4. The van der Waals surface area contributed by atoms with Gasteiger partial charge in [0.1, 0.15) is 0 Å². The second kappa shape index (κ2) is 24.1. The monoisotopic (exact) mass is 980 g/mol. The van der Waals surface area contributed by atoms with E-state index in [0.29, 0.717) is 34.1 Å². The number of carboxylic acids is 2. The van der Waals surface area contributed by atoms with E-state index in [-0.39, 0.29) is 88.3 Å². The second-order valence-corrected chi connectivity index (χ2v) is 18.6. The lowest BCUT2D eigenvalue weighted by Gasteiger charge is -2.33. The lowest BCUT2D eigenvalue weighted by molar-refractivity contribution is -0.139. The molecule has 26 heteroatoms. The summed E-state index contributed by atoms with van der Waals surface area (Å²) < 4.78 is 45.9. The van der Waals surface area contributed by atoms with Gasteiger partial charge in [-0.3, -0.25) is 38.8 Å². The van der Waals surface area contributed by atoms with Crippen LogP contribution in [0.25, 0.3) is 0 Å². The van der Waals surface area contributed by atoms with Crippen LogP contribution in [0.2, 0.25) is 0 Å². The Balaban J connectivity index is 1.13. The molecule has 1 heterocycles. The minimum absolute atomic E-state index is 0.106. The van der Waals surface area contributed by atoms with Gasteiger partial charge in [-0.2, -0.15) is 0 Å². The first-order valence-electron chi connectivity index (χ1n) is 20.7. The van der Waals surface area contributed by atoms with Gasteiger partial charge in [-0.1, -0.05) is 0 Å². The Morgan fingerprint density at radius 2 is 0.588 bits per heavy atom. The summed E-state index contributed by atoms with van der Waals surface area (Å²) in [6.45, 7) is 1.14. The molecular formula is C42H52N12O12S2. The van der Waals surface area contributed by atoms with Crippen molar-refractivity contribution < 1.29 is 55.8 Å². The standard InChI is InChI=1S/C42H52N12O12S2/c43-67(63,64)35-13-9-33(10-14-35)49-41(61)47-31-5-1-29(2-6-31)45-37(55)25-51-17-21-53(27-39(57)58)23-19-52(20-24-54(22-18-51)28-40(59)60)26-38(56)46-30-3-7-32(8-4-30)48-42(62)50-34-11-15-36(16-12-34)68(44,65)66/h1-16H,17-28H2,(H,45,55)(H,46,56)(H,57,58)(H,59,60)(H2,43,63,64)(H2,44,65,66)(H2,47,49,61)(H2,48,50,62). The van der Waals surface area contributed by atoms with E-state index in [0.717, 1.165) is 0 Å². The number of hydrogen-bond acceptors (Lipinski definition) is 14. The molecule has 12 N–H and O–H groups in total. The molecule has 1 fully saturated rings. The van der Waals surface area contributed by atoms with Crippen LogP contribution in [-0.2, 0) is 39.2 Å². The van der Waals surface area contributed by atoms with E-state index in [9.17, 15) is 55.8 Å². The average molecular weight is 981 g/mol. The van der Waals surface area contributed by atoms with Gasteiger partial charge < -0.3 is 42.1 Å². The molecule has 364 valence electrons. The number of urea groups is 2. The summed E-state index contributed by atoms with van der Waals surface area (Å²) in [6.07, 6.45) is 0. The lowest BCUT2D eigenvalue weighted by Crippen LogP contribution is -2.49. The molecule has 4 aromatic rings. The van der Waals surface area contributed by atoms with Gasteiger partial charge in [0, 0.05) is 86.5 Å². The predicted molar refractivity (Wildman–Crippen MR) is 252 cm³/mol. The number of anilines is 6. The quantitative estimate of drug-likeness (QED) is 0.0755. The number of sulfonamides is 2. The van der Waals surface area contributed by atoms with Gasteiger partial charge in [-0.15, -0.1) is 0 Å². The number of carbonyl (C=O) groups is 6. The Morgan fingerprint density at radius 1 is 0.382 bits per heavy atom. The molecule has 24 nitrogen and oxygen atoms in total. The largest absolute Gasteiger partial charge is 0.480 e. The maximum atomic E-state index is 13.3. The van der Waals surface area contributed by atoms with Crippen molar-refractivity contribution in [3.63, 3.8) is 0 Å². The first-order chi connectivity index (χ1) is 32.2. The van der Waals surface area contributed by atoms with E-state index in [4.69, 9.17) is 10.3 Å². The smallest absolute Gasteiger partial charge is 0.323 e. The van der Waals surface area contributed by atoms with Crippen LogP contribution in [-0.4, -0.2) is 161 Å². The third kappa shape index (κ3) is 18.0. The van der Waals surface area contributed by atoms with Crippen LogP contribution < -0.4 is 42.2 Å². The topological polar surface area (TPSA) is 348 Å². The number of aliphatic carboxylic acids is 2. The van der Waals surface area contributed by atoms with Gasteiger partial charge in [-0.05, 0) is 97.1 Å². The molecule has 1 aliphatic heterocycles.